The maximum Gasteiger partial charge on any atom is 0.311 e. The van der Waals surface area contributed by atoms with Gasteiger partial charge >= 0.3 is 5.97 Å². The highest BCUT2D eigenvalue weighted by Gasteiger charge is 2.16. The Morgan fingerprint density at radius 1 is 1.17 bits per heavy atom. The Kier molecular flexibility index (Phi) is 4.88. The second-order valence-corrected chi connectivity index (χ2v) is 6.19. The van der Waals surface area contributed by atoms with Crippen molar-refractivity contribution >= 4 is 22.6 Å². The lowest BCUT2D eigenvalue weighted by Crippen LogP contribution is -2.29. The Morgan fingerprint density at radius 2 is 1.92 bits per heavy atom. The zero-order valence-electron chi connectivity index (χ0n) is 14.4. The number of nitrogens with zero attached hydrogens (tertiary/aromatic N) is 2. The fraction of sp³-hybridized carbons (Fsp3) is 0.474. The number of ether oxygens (including phenoxy) is 1. The van der Waals surface area contributed by atoms with Gasteiger partial charge in [-0.3, -0.25) is 9.59 Å². The maximum absolute atomic E-state index is 12.8. The summed E-state index contributed by atoms with van der Waals surface area (Å²) >= 11 is 0. The lowest BCUT2D eigenvalue weighted by Gasteiger charge is -2.29. The molecule has 0 aliphatic carbocycles. The number of pyridine rings is 1. The topological polar surface area (TPSA) is 51.5 Å². The fourth-order valence-electron chi connectivity index (χ4n) is 3.24. The van der Waals surface area contributed by atoms with Gasteiger partial charge in [0.05, 0.1) is 17.1 Å². The number of rotatable bonds is 4. The summed E-state index contributed by atoms with van der Waals surface area (Å²) in [7, 11) is 0. The predicted octanol–water partition coefficient (Wildman–Crippen LogP) is 3.33. The standard InChI is InChI=1S/C19H24N2O3/c1-3-18(22)24-17-13-20(4-2)16-9-8-14(12-15(16)19(17)23)21-10-6-5-7-11-21/h8-9,12-13H,3-7,10-11H2,1-2H3. The van der Waals surface area contributed by atoms with E-state index in [1.54, 1.807) is 13.1 Å². The summed E-state index contributed by atoms with van der Waals surface area (Å²) < 4.78 is 7.20. The molecule has 1 aromatic carbocycles. The van der Waals surface area contributed by atoms with Crippen molar-refractivity contribution < 1.29 is 9.53 Å². The van der Waals surface area contributed by atoms with Crippen LogP contribution in [0.25, 0.3) is 10.9 Å². The first-order valence-electron chi connectivity index (χ1n) is 8.77. The molecule has 0 bridgehead atoms. The largest absolute Gasteiger partial charge is 0.421 e. The Labute approximate surface area is 141 Å². The molecule has 2 aromatic rings. The van der Waals surface area contributed by atoms with Gasteiger partial charge in [0.25, 0.3) is 0 Å². The van der Waals surface area contributed by atoms with Crippen molar-refractivity contribution in [1.29, 1.82) is 0 Å². The van der Waals surface area contributed by atoms with Crippen LogP contribution in [-0.2, 0) is 11.3 Å². The molecule has 1 aromatic heterocycles. The number of hydrogen-bond acceptors (Lipinski definition) is 4. The number of hydrogen-bond donors (Lipinski definition) is 0. The number of carbonyl (C=O) groups excluding carboxylic acids is 1. The molecular formula is C19H24N2O3. The summed E-state index contributed by atoms with van der Waals surface area (Å²) in [4.78, 5) is 26.7. The van der Waals surface area contributed by atoms with E-state index in [4.69, 9.17) is 4.74 Å². The summed E-state index contributed by atoms with van der Waals surface area (Å²) in [5.41, 5.74) is 1.73. The van der Waals surface area contributed by atoms with Crippen LogP contribution >= 0.6 is 0 Å². The van der Waals surface area contributed by atoms with Gasteiger partial charge in [-0.2, -0.15) is 0 Å². The van der Waals surface area contributed by atoms with Crippen LogP contribution in [-0.4, -0.2) is 23.6 Å². The molecule has 0 spiro atoms. The van der Waals surface area contributed by atoms with E-state index in [1.807, 2.05) is 23.6 Å². The number of carbonyl (C=O) groups is 1. The summed E-state index contributed by atoms with van der Waals surface area (Å²) in [6.07, 6.45) is 5.52. The number of benzene rings is 1. The quantitative estimate of drug-likeness (QED) is 0.808. The molecule has 0 unspecified atom stereocenters. The van der Waals surface area contributed by atoms with Gasteiger partial charge in [-0.15, -0.1) is 0 Å². The smallest absolute Gasteiger partial charge is 0.311 e. The Hall–Kier alpha value is -2.30. The summed E-state index contributed by atoms with van der Waals surface area (Å²) in [6.45, 7) is 6.48. The van der Waals surface area contributed by atoms with E-state index in [9.17, 15) is 9.59 Å². The summed E-state index contributed by atoms with van der Waals surface area (Å²) in [6, 6.07) is 6.02. The molecule has 1 saturated heterocycles. The third-order valence-electron chi connectivity index (χ3n) is 4.61. The maximum atomic E-state index is 12.8. The molecule has 3 rings (SSSR count). The minimum absolute atomic E-state index is 0.118. The fourth-order valence-corrected chi connectivity index (χ4v) is 3.24. The zero-order chi connectivity index (χ0) is 17.1. The molecule has 5 heteroatoms. The Bertz CT molecular complexity index is 804. The number of esters is 1. The molecule has 2 heterocycles. The van der Waals surface area contributed by atoms with Gasteiger partial charge in [0.15, 0.2) is 5.75 Å². The monoisotopic (exact) mass is 328 g/mol. The van der Waals surface area contributed by atoms with Gasteiger partial charge < -0.3 is 14.2 Å². The average molecular weight is 328 g/mol. The van der Waals surface area contributed by atoms with Crippen molar-refractivity contribution in [3.63, 3.8) is 0 Å². The molecule has 1 aliphatic rings. The molecule has 1 fully saturated rings. The highest BCUT2D eigenvalue weighted by Crippen LogP contribution is 2.25. The van der Waals surface area contributed by atoms with Crippen LogP contribution in [0, 0.1) is 0 Å². The van der Waals surface area contributed by atoms with Gasteiger partial charge in [-0.1, -0.05) is 6.92 Å². The van der Waals surface area contributed by atoms with E-state index >= 15 is 0 Å². The molecule has 0 amide bonds. The van der Waals surface area contributed by atoms with Crippen molar-refractivity contribution in [2.45, 2.75) is 46.1 Å². The number of aromatic nitrogens is 1. The minimum Gasteiger partial charge on any atom is -0.421 e. The van der Waals surface area contributed by atoms with Crippen LogP contribution < -0.4 is 15.1 Å². The lowest BCUT2D eigenvalue weighted by atomic mass is 10.1. The molecule has 128 valence electrons. The molecule has 0 radical (unpaired) electrons. The zero-order valence-corrected chi connectivity index (χ0v) is 14.4. The summed E-state index contributed by atoms with van der Waals surface area (Å²) in [5, 5.41) is 0.612. The van der Waals surface area contributed by atoms with Crippen LogP contribution in [0.3, 0.4) is 0 Å². The van der Waals surface area contributed by atoms with Gasteiger partial charge in [0, 0.05) is 31.7 Å². The second-order valence-electron chi connectivity index (χ2n) is 6.19. The highest BCUT2D eigenvalue weighted by atomic mass is 16.5. The highest BCUT2D eigenvalue weighted by molar-refractivity contribution is 5.85. The first-order chi connectivity index (χ1) is 11.6. The van der Waals surface area contributed by atoms with Crippen LogP contribution in [0.5, 0.6) is 5.75 Å². The van der Waals surface area contributed by atoms with Gasteiger partial charge in [0.1, 0.15) is 0 Å². The van der Waals surface area contributed by atoms with E-state index in [2.05, 4.69) is 11.0 Å². The Balaban J connectivity index is 2.10. The van der Waals surface area contributed by atoms with Gasteiger partial charge in [0.2, 0.25) is 5.43 Å². The molecule has 24 heavy (non-hydrogen) atoms. The SMILES string of the molecule is CCC(=O)Oc1cn(CC)c2ccc(N3CCCCC3)cc2c1=O. The van der Waals surface area contributed by atoms with Crippen LogP contribution in [0.2, 0.25) is 0 Å². The van der Waals surface area contributed by atoms with E-state index in [0.717, 1.165) is 24.3 Å². The predicted molar refractivity (Wildman–Crippen MR) is 95.9 cm³/mol. The summed E-state index contributed by atoms with van der Waals surface area (Å²) in [5.74, 6) is -0.270. The number of fused-ring (bicyclic) bond motifs is 1. The van der Waals surface area contributed by atoms with Crippen molar-refractivity contribution in [3.8, 4) is 5.75 Å². The van der Waals surface area contributed by atoms with E-state index in [1.165, 1.54) is 19.3 Å². The van der Waals surface area contributed by atoms with Crippen LogP contribution in [0.1, 0.15) is 39.5 Å². The Morgan fingerprint density at radius 3 is 2.58 bits per heavy atom. The van der Waals surface area contributed by atoms with Crippen molar-refractivity contribution in [2.75, 3.05) is 18.0 Å². The minimum atomic E-state index is -0.388. The lowest BCUT2D eigenvalue weighted by molar-refractivity contribution is -0.134. The van der Waals surface area contributed by atoms with E-state index in [-0.39, 0.29) is 23.6 Å². The molecule has 0 N–H and O–H groups in total. The molecule has 5 nitrogen and oxygen atoms in total. The third kappa shape index (κ3) is 3.16. The second kappa shape index (κ2) is 7.07. The van der Waals surface area contributed by atoms with E-state index in [0.29, 0.717) is 11.9 Å². The first-order valence-corrected chi connectivity index (χ1v) is 8.77. The number of piperidine rings is 1. The normalized spacial score (nSPS) is 14.8. The molecule has 0 saturated carbocycles. The van der Waals surface area contributed by atoms with Crippen LogP contribution in [0.4, 0.5) is 5.69 Å². The van der Waals surface area contributed by atoms with Crippen LogP contribution in [0.15, 0.2) is 29.2 Å². The average Bonchev–Trinajstić information content (AvgIpc) is 2.64. The van der Waals surface area contributed by atoms with Gasteiger partial charge in [-0.25, -0.2) is 0 Å². The van der Waals surface area contributed by atoms with E-state index < -0.39 is 0 Å². The molecular weight excluding hydrogens is 304 g/mol. The van der Waals surface area contributed by atoms with Crippen molar-refractivity contribution in [1.82, 2.24) is 4.57 Å². The number of aryl methyl sites for hydroxylation is 1. The first kappa shape index (κ1) is 16.6. The van der Waals surface area contributed by atoms with Crippen molar-refractivity contribution in [2.24, 2.45) is 0 Å². The molecule has 1 aliphatic heterocycles. The van der Waals surface area contributed by atoms with Gasteiger partial charge in [-0.05, 0) is 44.4 Å². The van der Waals surface area contributed by atoms with Crippen molar-refractivity contribution in [3.05, 3.63) is 34.6 Å². The number of anilines is 1. The molecule has 0 atom stereocenters. The third-order valence-corrected chi connectivity index (χ3v) is 4.61.